The minimum Gasteiger partial charge on any atom is -0.491 e. The highest BCUT2D eigenvalue weighted by atomic mass is 16.5. The van der Waals surface area contributed by atoms with Gasteiger partial charge < -0.3 is 15.0 Å². The maximum atomic E-state index is 12.0. The van der Waals surface area contributed by atoms with Gasteiger partial charge in [0.1, 0.15) is 12.4 Å². The zero-order valence-corrected chi connectivity index (χ0v) is 16.4. The molecule has 1 aliphatic rings. The summed E-state index contributed by atoms with van der Waals surface area (Å²) in [6.07, 6.45) is 4.80. The van der Waals surface area contributed by atoms with Crippen molar-refractivity contribution in [3.05, 3.63) is 65.2 Å². The van der Waals surface area contributed by atoms with Crippen molar-refractivity contribution in [3.63, 3.8) is 0 Å². The molecule has 2 amide bonds. The van der Waals surface area contributed by atoms with Gasteiger partial charge in [-0.25, -0.2) is 0 Å². The van der Waals surface area contributed by atoms with E-state index in [9.17, 15) is 9.59 Å². The van der Waals surface area contributed by atoms with Crippen molar-refractivity contribution in [2.45, 2.75) is 26.7 Å². The molecule has 0 spiro atoms. The molecule has 146 valence electrons. The number of benzene rings is 2. The normalized spacial score (nSPS) is 13.9. The number of anilines is 1. The third kappa shape index (κ3) is 5.22. The summed E-state index contributed by atoms with van der Waals surface area (Å²) in [5, 5.41) is 2.81. The fourth-order valence-electron chi connectivity index (χ4n) is 3.21. The topological polar surface area (TPSA) is 58.6 Å². The van der Waals surface area contributed by atoms with Gasteiger partial charge in [-0.15, -0.1) is 0 Å². The maximum absolute atomic E-state index is 12.0. The molecule has 5 nitrogen and oxygen atoms in total. The largest absolute Gasteiger partial charge is 0.491 e. The first-order valence-corrected chi connectivity index (χ1v) is 9.59. The van der Waals surface area contributed by atoms with E-state index in [-0.39, 0.29) is 11.8 Å². The molecule has 0 aromatic heterocycles. The van der Waals surface area contributed by atoms with E-state index in [1.54, 1.807) is 11.0 Å². The van der Waals surface area contributed by atoms with E-state index < -0.39 is 0 Å². The van der Waals surface area contributed by atoms with E-state index in [2.05, 4.69) is 11.4 Å². The quantitative estimate of drug-likeness (QED) is 0.591. The number of carbonyl (C=O) groups is 2. The second-order valence-corrected chi connectivity index (χ2v) is 6.98. The van der Waals surface area contributed by atoms with Gasteiger partial charge in [0.2, 0.25) is 11.8 Å². The van der Waals surface area contributed by atoms with Crippen LogP contribution in [0.4, 0.5) is 5.69 Å². The summed E-state index contributed by atoms with van der Waals surface area (Å²) in [5.41, 5.74) is 4.11. The summed E-state index contributed by atoms with van der Waals surface area (Å²) < 4.78 is 5.70. The Balaban J connectivity index is 1.43. The number of hydrogen-bond acceptors (Lipinski definition) is 3. The van der Waals surface area contributed by atoms with Gasteiger partial charge in [0.25, 0.3) is 0 Å². The molecule has 1 heterocycles. The third-order valence-corrected chi connectivity index (χ3v) is 4.69. The van der Waals surface area contributed by atoms with Crippen LogP contribution in [-0.4, -0.2) is 31.5 Å². The smallest absolute Gasteiger partial charge is 0.244 e. The van der Waals surface area contributed by atoms with Crippen LogP contribution in [0.15, 0.2) is 48.5 Å². The molecule has 0 bridgehead atoms. The van der Waals surface area contributed by atoms with Crippen LogP contribution in [0.1, 0.15) is 29.5 Å². The molecule has 0 radical (unpaired) electrons. The molecule has 1 saturated heterocycles. The van der Waals surface area contributed by atoms with Crippen molar-refractivity contribution in [2.24, 2.45) is 0 Å². The first-order valence-electron chi connectivity index (χ1n) is 9.59. The van der Waals surface area contributed by atoms with E-state index in [1.807, 2.05) is 50.2 Å². The number of ether oxygens (including phenoxy) is 1. The predicted molar refractivity (Wildman–Crippen MR) is 111 cm³/mol. The van der Waals surface area contributed by atoms with Crippen molar-refractivity contribution in [1.29, 1.82) is 0 Å². The molecular weight excluding hydrogens is 352 g/mol. The number of aryl methyl sites for hydroxylation is 2. The highest BCUT2D eigenvalue weighted by Crippen LogP contribution is 2.22. The van der Waals surface area contributed by atoms with Crippen molar-refractivity contribution in [3.8, 4) is 5.75 Å². The van der Waals surface area contributed by atoms with Gasteiger partial charge in [0.15, 0.2) is 0 Å². The van der Waals surface area contributed by atoms with Gasteiger partial charge in [-0.3, -0.25) is 9.59 Å². The summed E-state index contributed by atoms with van der Waals surface area (Å²) in [5.74, 6) is 0.848. The lowest BCUT2D eigenvalue weighted by atomic mass is 10.1. The molecule has 0 saturated carbocycles. The monoisotopic (exact) mass is 378 g/mol. The Kier molecular flexibility index (Phi) is 6.48. The zero-order chi connectivity index (χ0) is 19.9. The summed E-state index contributed by atoms with van der Waals surface area (Å²) in [6, 6.07) is 13.7. The van der Waals surface area contributed by atoms with E-state index in [0.29, 0.717) is 19.6 Å². The van der Waals surface area contributed by atoms with Gasteiger partial charge in [0.05, 0.1) is 6.54 Å². The minimum absolute atomic E-state index is 0.164. The molecule has 0 atom stereocenters. The lowest BCUT2D eigenvalue weighted by molar-refractivity contribution is -0.117. The van der Waals surface area contributed by atoms with Gasteiger partial charge in [-0.2, -0.15) is 0 Å². The first kappa shape index (κ1) is 19.7. The van der Waals surface area contributed by atoms with Crippen molar-refractivity contribution in [1.82, 2.24) is 5.32 Å². The average molecular weight is 378 g/mol. The van der Waals surface area contributed by atoms with Crippen LogP contribution in [0.2, 0.25) is 0 Å². The lowest BCUT2D eigenvalue weighted by Crippen LogP contribution is -2.26. The van der Waals surface area contributed by atoms with Crippen molar-refractivity contribution in [2.75, 3.05) is 24.6 Å². The molecule has 3 rings (SSSR count). The maximum Gasteiger partial charge on any atom is 0.244 e. The van der Waals surface area contributed by atoms with E-state index in [0.717, 1.165) is 35.5 Å². The predicted octanol–water partition coefficient (Wildman–Crippen LogP) is 3.64. The fraction of sp³-hybridized carbons (Fsp3) is 0.304. The Bertz CT molecular complexity index is 872. The van der Waals surface area contributed by atoms with Crippen LogP contribution < -0.4 is 15.0 Å². The number of carbonyl (C=O) groups excluding carboxylic acids is 2. The summed E-state index contributed by atoms with van der Waals surface area (Å²) in [7, 11) is 0. The van der Waals surface area contributed by atoms with E-state index in [4.69, 9.17) is 4.74 Å². The summed E-state index contributed by atoms with van der Waals surface area (Å²) in [4.78, 5) is 25.5. The Morgan fingerprint density at radius 1 is 1.18 bits per heavy atom. The number of nitrogens with one attached hydrogen (secondary N) is 1. The van der Waals surface area contributed by atoms with Crippen molar-refractivity contribution < 1.29 is 14.3 Å². The molecule has 5 heteroatoms. The van der Waals surface area contributed by atoms with Gasteiger partial charge in [-0.1, -0.05) is 29.8 Å². The lowest BCUT2D eigenvalue weighted by Gasteiger charge is -2.15. The van der Waals surface area contributed by atoms with Gasteiger partial charge in [0, 0.05) is 24.7 Å². The summed E-state index contributed by atoms with van der Waals surface area (Å²) in [6.45, 7) is 5.69. The van der Waals surface area contributed by atoms with E-state index in [1.165, 1.54) is 11.6 Å². The zero-order valence-electron chi connectivity index (χ0n) is 16.4. The van der Waals surface area contributed by atoms with Crippen LogP contribution in [0, 0.1) is 13.8 Å². The molecule has 2 aromatic rings. The molecule has 0 aliphatic carbocycles. The number of hydrogen-bond donors (Lipinski definition) is 1. The van der Waals surface area contributed by atoms with Crippen molar-refractivity contribution >= 4 is 23.6 Å². The summed E-state index contributed by atoms with van der Waals surface area (Å²) >= 11 is 0. The standard InChI is InChI=1S/C23H26N2O3/c1-17-5-11-21(18(2)16-17)28-15-13-24-22(26)12-8-19-6-9-20(10-7-19)25-14-3-4-23(25)27/h5-12,16H,3-4,13-15H2,1-2H3,(H,24,26)/b12-8+. The Labute approximate surface area is 166 Å². The second-order valence-electron chi connectivity index (χ2n) is 6.98. The Hall–Kier alpha value is -3.08. The van der Waals surface area contributed by atoms with Gasteiger partial charge >= 0.3 is 0 Å². The van der Waals surface area contributed by atoms with Crippen LogP contribution in [0.5, 0.6) is 5.75 Å². The molecule has 28 heavy (non-hydrogen) atoms. The van der Waals surface area contributed by atoms with Gasteiger partial charge in [-0.05, 0) is 55.7 Å². The van der Waals surface area contributed by atoms with Crippen LogP contribution in [-0.2, 0) is 9.59 Å². The SMILES string of the molecule is Cc1ccc(OCCNC(=O)/C=C/c2ccc(N3CCCC3=O)cc2)c(C)c1. The van der Waals surface area contributed by atoms with Crippen LogP contribution >= 0.6 is 0 Å². The molecule has 1 fully saturated rings. The highest BCUT2D eigenvalue weighted by Gasteiger charge is 2.21. The van der Waals surface area contributed by atoms with E-state index >= 15 is 0 Å². The molecule has 2 aromatic carbocycles. The first-order chi connectivity index (χ1) is 13.5. The fourth-order valence-corrected chi connectivity index (χ4v) is 3.21. The average Bonchev–Trinajstić information content (AvgIpc) is 3.11. The Morgan fingerprint density at radius 3 is 2.64 bits per heavy atom. The number of rotatable bonds is 7. The van der Waals surface area contributed by atoms with Crippen LogP contribution in [0.3, 0.4) is 0 Å². The molecule has 1 aliphatic heterocycles. The minimum atomic E-state index is -0.164. The van der Waals surface area contributed by atoms with Crippen LogP contribution in [0.25, 0.3) is 6.08 Å². The molecule has 1 N–H and O–H groups in total. The number of nitrogens with zero attached hydrogens (tertiary/aromatic N) is 1. The number of amides is 2. The Morgan fingerprint density at radius 2 is 1.96 bits per heavy atom. The molecular formula is C23H26N2O3. The third-order valence-electron chi connectivity index (χ3n) is 4.69. The molecule has 0 unspecified atom stereocenters. The second kappa shape index (κ2) is 9.22. The highest BCUT2D eigenvalue weighted by molar-refractivity contribution is 5.95.